The predicted octanol–water partition coefficient (Wildman–Crippen LogP) is 0.988. The van der Waals surface area contributed by atoms with Crippen LogP contribution in [0.25, 0.3) is 0 Å². The largest absolute Gasteiger partial charge is 0.451 e. The molecule has 0 saturated carbocycles. The van der Waals surface area contributed by atoms with Crippen molar-refractivity contribution in [1.29, 1.82) is 0 Å². The first-order valence-corrected chi connectivity index (χ1v) is 4.20. The SMILES string of the molecule is COCc1cocn1.OCc1cocn1. The smallest absolute Gasteiger partial charge is 0.180 e. The molecule has 6 nitrogen and oxygen atoms in total. The first-order chi connectivity index (χ1) is 7.36. The fourth-order valence-corrected chi connectivity index (χ4v) is 0.772. The lowest BCUT2D eigenvalue weighted by Crippen LogP contribution is -1.84. The van der Waals surface area contributed by atoms with Crippen LogP contribution in [0.1, 0.15) is 11.4 Å². The molecule has 1 N–H and O–H groups in total. The van der Waals surface area contributed by atoms with Gasteiger partial charge in [0.15, 0.2) is 12.8 Å². The second-order valence-electron chi connectivity index (χ2n) is 2.55. The number of ether oxygens (including phenoxy) is 1. The van der Waals surface area contributed by atoms with E-state index >= 15 is 0 Å². The van der Waals surface area contributed by atoms with Gasteiger partial charge in [-0.25, -0.2) is 9.97 Å². The van der Waals surface area contributed by atoms with Gasteiger partial charge in [-0.2, -0.15) is 0 Å². The fourth-order valence-electron chi connectivity index (χ4n) is 0.772. The van der Waals surface area contributed by atoms with E-state index in [2.05, 4.69) is 18.8 Å². The van der Waals surface area contributed by atoms with Crippen molar-refractivity contribution in [3.05, 3.63) is 36.7 Å². The Morgan fingerprint density at radius 1 is 1.20 bits per heavy atom. The second kappa shape index (κ2) is 6.74. The van der Waals surface area contributed by atoms with Gasteiger partial charge in [0.25, 0.3) is 0 Å². The molecule has 0 amide bonds. The maximum atomic E-state index is 8.30. The van der Waals surface area contributed by atoms with Crippen LogP contribution in [0.5, 0.6) is 0 Å². The molecule has 0 atom stereocenters. The maximum absolute atomic E-state index is 8.30. The number of oxazole rings is 2. The lowest BCUT2D eigenvalue weighted by molar-refractivity contribution is 0.181. The lowest BCUT2D eigenvalue weighted by Gasteiger charge is -1.86. The molecule has 0 unspecified atom stereocenters. The highest BCUT2D eigenvalue weighted by molar-refractivity contribution is 4.87. The Bertz CT molecular complexity index is 331. The van der Waals surface area contributed by atoms with E-state index in [1.807, 2.05) is 0 Å². The first-order valence-electron chi connectivity index (χ1n) is 4.20. The Hall–Kier alpha value is -1.66. The van der Waals surface area contributed by atoms with E-state index < -0.39 is 0 Å². The van der Waals surface area contributed by atoms with Gasteiger partial charge in [-0.1, -0.05) is 0 Å². The van der Waals surface area contributed by atoms with Crippen LogP contribution in [0.3, 0.4) is 0 Å². The summed E-state index contributed by atoms with van der Waals surface area (Å²) >= 11 is 0. The van der Waals surface area contributed by atoms with Crippen LogP contribution in [0.2, 0.25) is 0 Å². The third-order valence-corrected chi connectivity index (χ3v) is 1.42. The number of aliphatic hydroxyl groups excluding tert-OH is 1. The van der Waals surface area contributed by atoms with E-state index in [0.29, 0.717) is 12.3 Å². The van der Waals surface area contributed by atoms with E-state index in [4.69, 9.17) is 9.84 Å². The van der Waals surface area contributed by atoms with Gasteiger partial charge >= 0.3 is 0 Å². The van der Waals surface area contributed by atoms with Crippen LogP contribution in [-0.4, -0.2) is 22.2 Å². The minimum Gasteiger partial charge on any atom is -0.451 e. The summed E-state index contributed by atoms with van der Waals surface area (Å²) in [6, 6.07) is 0. The number of hydrogen-bond donors (Lipinski definition) is 1. The predicted molar refractivity (Wildman–Crippen MR) is 49.6 cm³/mol. The number of rotatable bonds is 3. The zero-order valence-electron chi connectivity index (χ0n) is 8.29. The van der Waals surface area contributed by atoms with Crippen molar-refractivity contribution in [2.24, 2.45) is 0 Å². The molecule has 0 fully saturated rings. The summed E-state index contributed by atoms with van der Waals surface area (Å²) in [4.78, 5) is 7.43. The second-order valence-corrected chi connectivity index (χ2v) is 2.55. The average molecular weight is 212 g/mol. The molecule has 0 bridgehead atoms. The zero-order chi connectivity index (χ0) is 10.9. The number of aliphatic hydroxyl groups is 1. The summed E-state index contributed by atoms with van der Waals surface area (Å²) in [5.74, 6) is 0. The van der Waals surface area contributed by atoms with Crippen molar-refractivity contribution in [2.45, 2.75) is 13.2 Å². The summed E-state index contributed by atoms with van der Waals surface area (Å²) in [6.07, 6.45) is 5.63. The van der Waals surface area contributed by atoms with Crippen molar-refractivity contribution in [1.82, 2.24) is 9.97 Å². The van der Waals surface area contributed by atoms with Crippen LogP contribution < -0.4 is 0 Å². The van der Waals surface area contributed by atoms with Crippen molar-refractivity contribution < 1.29 is 18.7 Å². The van der Waals surface area contributed by atoms with Gasteiger partial charge < -0.3 is 18.7 Å². The van der Waals surface area contributed by atoms with Gasteiger partial charge in [-0.05, 0) is 0 Å². The van der Waals surface area contributed by atoms with Crippen molar-refractivity contribution in [2.75, 3.05) is 7.11 Å². The lowest BCUT2D eigenvalue weighted by atomic mass is 10.5. The third-order valence-electron chi connectivity index (χ3n) is 1.42. The van der Waals surface area contributed by atoms with Crippen molar-refractivity contribution >= 4 is 0 Å². The molecule has 2 heterocycles. The average Bonchev–Trinajstić information content (AvgIpc) is 2.91. The first kappa shape index (κ1) is 11.4. The highest BCUT2D eigenvalue weighted by Crippen LogP contribution is 1.93. The molecule has 6 heteroatoms. The molecule has 0 aliphatic heterocycles. The molecule has 0 aromatic carbocycles. The summed E-state index contributed by atoms with van der Waals surface area (Å²) in [6.45, 7) is 0.479. The van der Waals surface area contributed by atoms with E-state index in [-0.39, 0.29) is 6.61 Å². The standard InChI is InChI=1S/C5H7NO2.C4H5NO2/c1-7-2-5-3-8-4-6-5;6-1-4-2-7-3-5-4/h3-4H,2H2,1H3;2-3,6H,1H2. The number of aromatic nitrogens is 2. The Morgan fingerprint density at radius 3 is 2.13 bits per heavy atom. The fraction of sp³-hybridized carbons (Fsp3) is 0.333. The topological polar surface area (TPSA) is 81.5 Å². The molecule has 82 valence electrons. The molecule has 0 radical (unpaired) electrons. The van der Waals surface area contributed by atoms with Gasteiger partial charge in [-0.15, -0.1) is 0 Å². The quantitative estimate of drug-likeness (QED) is 0.816. The summed E-state index contributed by atoms with van der Waals surface area (Å²) in [5, 5.41) is 8.30. The van der Waals surface area contributed by atoms with E-state index in [1.54, 1.807) is 13.4 Å². The highest BCUT2D eigenvalue weighted by Gasteiger charge is 1.90. The van der Waals surface area contributed by atoms with Crippen LogP contribution in [0, 0.1) is 0 Å². The Morgan fingerprint density at radius 2 is 1.80 bits per heavy atom. The number of hydrogen-bond acceptors (Lipinski definition) is 6. The third kappa shape index (κ3) is 4.39. The molecule has 2 aromatic heterocycles. The Labute approximate surface area is 86.5 Å². The number of nitrogens with zero attached hydrogens (tertiary/aromatic N) is 2. The van der Waals surface area contributed by atoms with Crippen molar-refractivity contribution in [3.63, 3.8) is 0 Å². The highest BCUT2D eigenvalue weighted by atomic mass is 16.5. The molecule has 0 aliphatic carbocycles. The van der Waals surface area contributed by atoms with Gasteiger partial charge in [0.1, 0.15) is 23.9 Å². The zero-order valence-corrected chi connectivity index (χ0v) is 8.29. The molecular weight excluding hydrogens is 200 g/mol. The molecule has 2 rings (SSSR count). The van der Waals surface area contributed by atoms with E-state index in [1.165, 1.54) is 19.1 Å². The summed E-state index contributed by atoms with van der Waals surface area (Å²) in [5.41, 5.74) is 1.40. The van der Waals surface area contributed by atoms with Crippen LogP contribution in [0.4, 0.5) is 0 Å². The van der Waals surface area contributed by atoms with Gasteiger partial charge in [-0.3, -0.25) is 0 Å². The molecule has 0 spiro atoms. The van der Waals surface area contributed by atoms with Gasteiger partial charge in [0.05, 0.1) is 13.2 Å². The molecule has 0 aliphatic rings. The summed E-state index contributed by atoms with van der Waals surface area (Å²) < 4.78 is 14.0. The minimum atomic E-state index is -0.0451. The van der Waals surface area contributed by atoms with E-state index in [0.717, 1.165) is 5.69 Å². The number of methoxy groups -OCH3 is 1. The van der Waals surface area contributed by atoms with Crippen molar-refractivity contribution in [3.8, 4) is 0 Å². The van der Waals surface area contributed by atoms with E-state index in [9.17, 15) is 0 Å². The summed E-state index contributed by atoms with van der Waals surface area (Å²) in [7, 11) is 1.62. The van der Waals surface area contributed by atoms with Crippen LogP contribution in [-0.2, 0) is 18.0 Å². The van der Waals surface area contributed by atoms with Gasteiger partial charge in [0.2, 0.25) is 0 Å². The Balaban J connectivity index is 0.000000151. The molecule has 15 heavy (non-hydrogen) atoms. The monoisotopic (exact) mass is 212 g/mol. The molecule has 0 saturated heterocycles. The maximum Gasteiger partial charge on any atom is 0.180 e. The molecular formula is C9H12N2O4. The normalized spacial score (nSPS) is 9.47. The molecule has 2 aromatic rings. The Kier molecular flexibility index (Phi) is 5.13. The van der Waals surface area contributed by atoms with Crippen LogP contribution >= 0.6 is 0 Å². The minimum absolute atomic E-state index is 0.0451. The van der Waals surface area contributed by atoms with Gasteiger partial charge in [0, 0.05) is 7.11 Å². The van der Waals surface area contributed by atoms with Crippen LogP contribution in [0.15, 0.2) is 34.1 Å².